The number of phenolic OH excluding ortho intramolecular Hbond substituents is 1. The number of aromatic hydroxyl groups is 1. The number of hydrogen-bond acceptors (Lipinski definition) is 4. The molecule has 2 aromatic rings. The van der Waals surface area contributed by atoms with Crippen LogP contribution in [-0.2, 0) is 6.54 Å². The van der Waals surface area contributed by atoms with Gasteiger partial charge in [0, 0.05) is 18.2 Å². The first kappa shape index (κ1) is 13.9. The van der Waals surface area contributed by atoms with Crippen LogP contribution in [0.1, 0.15) is 15.9 Å². The zero-order valence-corrected chi connectivity index (χ0v) is 11.1. The van der Waals surface area contributed by atoms with E-state index in [2.05, 4.69) is 5.32 Å². The third-order valence-corrected chi connectivity index (χ3v) is 2.90. The molecule has 0 saturated heterocycles. The Morgan fingerprint density at radius 2 is 1.95 bits per heavy atom. The van der Waals surface area contributed by atoms with Crippen molar-refractivity contribution in [1.29, 1.82) is 0 Å². The van der Waals surface area contributed by atoms with Crippen LogP contribution in [0.15, 0.2) is 42.5 Å². The lowest BCUT2D eigenvalue weighted by Crippen LogP contribution is -2.12. The van der Waals surface area contributed by atoms with E-state index in [-0.39, 0.29) is 11.7 Å². The maximum atomic E-state index is 12.1. The zero-order valence-electron chi connectivity index (χ0n) is 11.1. The van der Waals surface area contributed by atoms with Crippen molar-refractivity contribution in [2.75, 3.05) is 12.4 Å². The Bertz CT molecular complexity index is 609. The molecule has 0 radical (unpaired) electrons. The second-order valence-corrected chi connectivity index (χ2v) is 4.24. The molecule has 0 spiro atoms. The van der Waals surface area contributed by atoms with Crippen molar-refractivity contribution in [3.8, 4) is 11.5 Å². The van der Waals surface area contributed by atoms with Crippen LogP contribution in [-0.4, -0.2) is 18.1 Å². The van der Waals surface area contributed by atoms with Crippen molar-refractivity contribution in [2.24, 2.45) is 5.73 Å². The van der Waals surface area contributed by atoms with Gasteiger partial charge in [-0.3, -0.25) is 4.79 Å². The van der Waals surface area contributed by atoms with Crippen LogP contribution in [0.25, 0.3) is 0 Å². The number of amides is 1. The van der Waals surface area contributed by atoms with E-state index in [4.69, 9.17) is 10.5 Å². The van der Waals surface area contributed by atoms with Gasteiger partial charge in [0.1, 0.15) is 11.5 Å². The van der Waals surface area contributed by atoms with Crippen molar-refractivity contribution in [1.82, 2.24) is 0 Å². The maximum Gasteiger partial charge on any atom is 0.255 e. The Hall–Kier alpha value is -2.53. The predicted octanol–water partition coefficient (Wildman–Crippen LogP) is 2.11. The smallest absolute Gasteiger partial charge is 0.255 e. The zero-order chi connectivity index (χ0) is 14.5. The summed E-state index contributed by atoms with van der Waals surface area (Å²) in [5.74, 6) is 0.228. The number of nitrogens with two attached hydrogens (primary N) is 1. The lowest BCUT2D eigenvalue weighted by Gasteiger charge is -2.09. The molecule has 0 bridgehead atoms. The van der Waals surface area contributed by atoms with Gasteiger partial charge >= 0.3 is 0 Å². The molecule has 0 aromatic heterocycles. The summed E-state index contributed by atoms with van der Waals surface area (Å²) in [6.45, 7) is 0.429. The van der Waals surface area contributed by atoms with E-state index in [0.29, 0.717) is 23.5 Å². The van der Waals surface area contributed by atoms with Crippen LogP contribution in [0.2, 0.25) is 0 Å². The monoisotopic (exact) mass is 272 g/mol. The number of rotatable bonds is 4. The number of ether oxygens (including phenoxy) is 1. The highest BCUT2D eigenvalue weighted by atomic mass is 16.5. The van der Waals surface area contributed by atoms with Gasteiger partial charge in [0.25, 0.3) is 5.91 Å². The Labute approximate surface area is 117 Å². The minimum atomic E-state index is -0.308. The topological polar surface area (TPSA) is 84.6 Å². The molecule has 20 heavy (non-hydrogen) atoms. The predicted molar refractivity (Wildman–Crippen MR) is 76.9 cm³/mol. The molecule has 0 fully saturated rings. The lowest BCUT2D eigenvalue weighted by atomic mass is 10.1. The van der Waals surface area contributed by atoms with Crippen molar-refractivity contribution in [3.05, 3.63) is 53.6 Å². The average molecular weight is 272 g/mol. The molecule has 5 heteroatoms. The molecule has 0 heterocycles. The fourth-order valence-corrected chi connectivity index (χ4v) is 1.73. The summed E-state index contributed by atoms with van der Waals surface area (Å²) in [4.78, 5) is 12.1. The molecule has 4 N–H and O–H groups in total. The minimum absolute atomic E-state index is 0.0160. The first-order chi connectivity index (χ1) is 9.63. The minimum Gasteiger partial charge on any atom is -0.506 e. The van der Waals surface area contributed by atoms with E-state index in [1.807, 2.05) is 0 Å². The summed E-state index contributed by atoms with van der Waals surface area (Å²) in [7, 11) is 1.52. The lowest BCUT2D eigenvalue weighted by molar-refractivity contribution is 0.102. The molecule has 0 saturated carbocycles. The second kappa shape index (κ2) is 6.08. The van der Waals surface area contributed by atoms with Crippen molar-refractivity contribution < 1.29 is 14.6 Å². The van der Waals surface area contributed by atoms with Crippen LogP contribution in [0.4, 0.5) is 5.69 Å². The molecule has 5 nitrogen and oxygen atoms in total. The molecule has 0 aliphatic rings. The number of carbonyl (C=O) groups excluding carboxylic acids is 1. The molecule has 1 amide bonds. The maximum absolute atomic E-state index is 12.1. The highest BCUT2D eigenvalue weighted by Crippen LogP contribution is 2.28. The Morgan fingerprint density at radius 3 is 2.55 bits per heavy atom. The Morgan fingerprint density at radius 1 is 1.25 bits per heavy atom. The largest absolute Gasteiger partial charge is 0.506 e. The van der Waals surface area contributed by atoms with E-state index in [0.717, 1.165) is 5.56 Å². The molecule has 0 aliphatic heterocycles. The molecule has 2 aromatic carbocycles. The van der Waals surface area contributed by atoms with E-state index in [1.54, 1.807) is 36.4 Å². The van der Waals surface area contributed by atoms with Crippen LogP contribution >= 0.6 is 0 Å². The van der Waals surface area contributed by atoms with Gasteiger partial charge in [0.2, 0.25) is 0 Å². The number of anilines is 1. The van der Waals surface area contributed by atoms with Crippen molar-refractivity contribution in [3.63, 3.8) is 0 Å². The summed E-state index contributed by atoms with van der Waals surface area (Å²) in [6, 6.07) is 11.6. The summed E-state index contributed by atoms with van der Waals surface area (Å²) >= 11 is 0. The van der Waals surface area contributed by atoms with Gasteiger partial charge in [-0.05, 0) is 29.8 Å². The molecule has 0 aliphatic carbocycles. The van der Waals surface area contributed by atoms with Crippen molar-refractivity contribution in [2.45, 2.75) is 6.54 Å². The normalized spacial score (nSPS) is 10.1. The third kappa shape index (κ3) is 3.07. The molecule has 0 atom stereocenters. The number of nitrogens with one attached hydrogen (secondary N) is 1. The quantitative estimate of drug-likeness (QED) is 0.744. The van der Waals surface area contributed by atoms with Gasteiger partial charge in [0.05, 0.1) is 12.8 Å². The van der Waals surface area contributed by atoms with E-state index >= 15 is 0 Å². The first-order valence-electron chi connectivity index (χ1n) is 6.11. The fourth-order valence-electron chi connectivity index (χ4n) is 1.73. The van der Waals surface area contributed by atoms with Crippen LogP contribution < -0.4 is 15.8 Å². The highest BCUT2D eigenvalue weighted by Gasteiger charge is 2.09. The first-order valence-corrected chi connectivity index (χ1v) is 6.11. The molecule has 2 rings (SSSR count). The van der Waals surface area contributed by atoms with Gasteiger partial charge in [-0.1, -0.05) is 12.1 Å². The standard InChI is InChI=1S/C15H16N2O3/c1-20-12-6-7-14(18)13(8-12)17-15(19)11-4-2-10(9-16)3-5-11/h2-8,18H,9,16H2,1H3,(H,17,19). The van der Waals surface area contributed by atoms with Crippen LogP contribution in [0, 0.1) is 0 Å². The van der Waals surface area contributed by atoms with Crippen LogP contribution in [0.3, 0.4) is 0 Å². The Kier molecular flexibility index (Phi) is 4.22. The summed E-state index contributed by atoms with van der Waals surface area (Å²) in [6.07, 6.45) is 0. The SMILES string of the molecule is COc1ccc(O)c(NC(=O)c2ccc(CN)cc2)c1. The van der Waals surface area contributed by atoms with Gasteiger partial charge in [0.15, 0.2) is 0 Å². The van der Waals surface area contributed by atoms with Gasteiger partial charge in [-0.2, -0.15) is 0 Å². The van der Waals surface area contributed by atoms with Gasteiger partial charge in [-0.15, -0.1) is 0 Å². The number of benzene rings is 2. The summed E-state index contributed by atoms with van der Waals surface area (Å²) in [5, 5.41) is 12.4. The molecular formula is C15H16N2O3. The number of carbonyl (C=O) groups is 1. The molecule has 0 unspecified atom stereocenters. The number of methoxy groups -OCH3 is 1. The molecular weight excluding hydrogens is 256 g/mol. The van der Waals surface area contributed by atoms with Crippen LogP contribution in [0.5, 0.6) is 11.5 Å². The van der Waals surface area contributed by atoms with Gasteiger partial charge < -0.3 is 20.9 Å². The second-order valence-electron chi connectivity index (χ2n) is 4.24. The van der Waals surface area contributed by atoms with Crippen molar-refractivity contribution >= 4 is 11.6 Å². The third-order valence-electron chi connectivity index (χ3n) is 2.90. The number of phenols is 1. The van der Waals surface area contributed by atoms with E-state index < -0.39 is 0 Å². The summed E-state index contributed by atoms with van der Waals surface area (Å²) < 4.78 is 5.05. The molecule has 104 valence electrons. The Balaban J connectivity index is 2.18. The number of hydrogen-bond donors (Lipinski definition) is 3. The fraction of sp³-hybridized carbons (Fsp3) is 0.133. The van der Waals surface area contributed by atoms with Gasteiger partial charge in [-0.25, -0.2) is 0 Å². The van der Waals surface area contributed by atoms with E-state index in [1.165, 1.54) is 13.2 Å². The summed E-state index contributed by atoms with van der Waals surface area (Å²) in [5.41, 5.74) is 7.25. The average Bonchev–Trinajstić information content (AvgIpc) is 2.49. The highest BCUT2D eigenvalue weighted by molar-refractivity contribution is 6.05. The van der Waals surface area contributed by atoms with E-state index in [9.17, 15) is 9.90 Å².